The third kappa shape index (κ3) is 22.7. The van der Waals surface area contributed by atoms with Crippen molar-refractivity contribution in [1.82, 2.24) is 57.8 Å². The first kappa shape index (κ1) is 62.2. The molecule has 1 aromatic carbocycles. The van der Waals surface area contributed by atoms with Crippen molar-refractivity contribution >= 4 is 71.4 Å². The molecule has 0 aliphatic carbocycles. The van der Waals surface area contributed by atoms with Crippen LogP contribution in [0.1, 0.15) is 64.6 Å². The van der Waals surface area contributed by atoms with Crippen molar-refractivity contribution in [1.29, 1.82) is 0 Å². The molecule has 0 aliphatic rings. The first-order valence-corrected chi connectivity index (χ1v) is 23.1. The van der Waals surface area contributed by atoms with Crippen molar-refractivity contribution in [3.05, 3.63) is 54.1 Å². The zero-order chi connectivity index (χ0) is 55.7. The predicted octanol–water partition coefficient (Wildman–Crippen LogP) is -6.51. The van der Waals surface area contributed by atoms with Crippen LogP contribution in [-0.4, -0.2) is 187 Å². The Balaban J connectivity index is 2.20. The third-order valence-electron chi connectivity index (χ3n) is 10.6. The quantitative estimate of drug-likeness (QED) is 0.0296. The highest BCUT2D eigenvalue weighted by Gasteiger charge is 2.36. The van der Waals surface area contributed by atoms with Gasteiger partial charge in [0, 0.05) is 31.2 Å². The Labute approximate surface area is 423 Å². The van der Waals surface area contributed by atoms with Crippen LogP contribution in [0.25, 0.3) is 0 Å². The van der Waals surface area contributed by atoms with Crippen LogP contribution in [0.4, 0.5) is 0 Å². The molecule has 10 atom stereocenters. The fourth-order valence-corrected chi connectivity index (χ4v) is 6.76. The molecule has 0 saturated heterocycles. The lowest BCUT2D eigenvalue weighted by atomic mass is 10.0. The molecule has 74 heavy (non-hydrogen) atoms. The van der Waals surface area contributed by atoms with Gasteiger partial charge in [0.05, 0.1) is 56.7 Å². The van der Waals surface area contributed by atoms with E-state index >= 15 is 0 Å². The Bertz CT molecular complexity index is 2250. The maximum Gasteiger partial charge on any atom is 0.305 e. The number of imidazole rings is 1. The van der Waals surface area contributed by atoms with Gasteiger partial charge in [-0.25, -0.2) is 4.98 Å². The van der Waals surface area contributed by atoms with Crippen LogP contribution in [0.3, 0.4) is 0 Å². The number of carboxylic acid groups (broad SMARTS) is 2. The highest BCUT2D eigenvalue weighted by atomic mass is 16.4. The van der Waals surface area contributed by atoms with Crippen LogP contribution in [0, 0.1) is 5.92 Å². The summed E-state index contributed by atoms with van der Waals surface area (Å²) in [5.41, 5.74) is 6.84. The number of rotatable bonds is 33. The summed E-state index contributed by atoms with van der Waals surface area (Å²) in [7, 11) is 0. The van der Waals surface area contributed by atoms with Crippen molar-refractivity contribution in [3.63, 3.8) is 0 Å². The van der Waals surface area contributed by atoms with Gasteiger partial charge in [-0.2, -0.15) is 0 Å². The van der Waals surface area contributed by atoms with Gasteiger partial charge in [-0.3, -0.25) is 52.7 Å². The van der Waals surface area contributed by atoms with Gasteiger partial charge in [0.1, 0.15) is 42.5 Å². The minimum Gasteiger partial charge on any atom is -0.481 e. The number of aliphatic carboxylic acids is 2. The SMILES string of the molecule is CC(C)C[C@@H](C=O)NC(=O)[C@H](CC(=O)O)NC(=O)[C@H](CO)NC(=O)[C@@H](NC(=O)[C@H](Cc1ccccc1)NC(=O)[C@@H](NC(=O)CNC(=O)[C@H](CCC(=O)O)NC(=O)CNC(=O)[C@@H](N)Cc1cnc[nH]1)[C@@H](C)O)[C@@H](C)O. The van der Waals surface area contributed by atoms with Crippen molar-refractivity contribution < 1.29 is 83.1 Å². The lowest BCUT2D eigenvalue weighted by Gasteiger charge is -2.28. The van der Waals surface area contributed by atoms with E-state index in [9.17, 15) is 83.1 Å². The van der Waals surface area contributed by atoms with E-state index in [1.54, 1.807) is 44.2 Å². The molecule has 1 aromatic heterocycles. The minimum atomic E-state index is -1.92. The number of carboxylic acids is 2. The molecule has 2 rings (SSSR count). The molecule has 2 aromatic rings. The van der Waals surface area contributed by atoms with Crippen molar-refractivity contribution in [2.45, 2.75) is 127 Å². The number of aldehydes is 1. The fraction of sp³-hybridized carbons (Fsp3) is 0.533. The molecule has 1 heterocycles. The highest BCUT2D eigenvalue weighted by Crippen LogP contribution is 2.08. The van der Waals surface area contributed by atoms with E-state index in [2.05, 4.69) is 57.8 Å². The summed E-state index contributed by atoms with van der Waals surface area (Å²) in [5, 5.41) is 70.0. The number of hydrogen-bond donors (Lipinski definition) is 16. The number of benzene rings is 1. The first-order valence-electron chi connectivity index (χ1n) is 23.1. The highest BCUT2D eigenvalue weighted by molar-refractivity contribution is 5.98. The molecule has 408 valence electrons. The van der Waals surface area contributed by atoms with E-state index < -0.39 is 165 Å². The number of hydrogen-bond acceptors (Lipinski definition) is 17. The van der Waals surface area contributed by atoms with E-state index in [0.29, 0.717) is 17.5 Å². The number of aliphatic hydroxyl groups excluding tert-OH is 3. The summed E-state index contributed by atoms with van der Waals surface area (Å²) in [6, 6.07) is -4.76. The number of aromatic amines is 1. The van der Waals surface area contributed by atoms with Crippen LogP contribution in [0.2, 0.25) is 0 Å². The molecule has 0 unspecified atom stereocenters. The van der Waals surface area contributed by atoms with Crippen molar-refractivity contribution in [2.75, 3.05) is 19.7 Å². The topological polar surface area (TPSA) is 469 Å². The summed E-state index contributed by atoms with van der Waals surface area (Å²) in [6.07, 6.45) is -2.26. The molecule has 0 radical (unpaired) electrons. The Hall–Kier alpha value is -7.89. The van der Waals surface area contributed by atoms with Crippen LogP contribution < -0.4 is 53.6 Å². The normalized spacial score (nSPS) is 15.0. The standard InChI is InChI=1S/C45H66N12O17/c1-22(2)12-27(19-58)51-41(70)31(15-36(66)67)53-43(72)32(20-59)55-45(74)38(24(4)61)57-42(71)30(13-25-8-6-5-7-9-25)54-44(73)37(23(3)60)56-34(63)18-49-40(69)29(10-11-35(64)65)52-33(62)17-48-39(68)28(46)14-26-16-47-21-50-26/h5-9,16,19,21-24,27-32,37-38,59-61H,10-15,17-18,20,46H2,1-4H3,(H,47,50)(H,48,68)(H,49,69)(H,51,70)(H,52,62)(H,53,72)(H,54,73)(H,55,74)(H,56,63)(H,57,71)(H,64,65)(H,66,67)/t23-,24-,27+,28+,29+,30+,31+,32+,37+,38+/m1/s1. The summed E-state index contributed by atoms with van der Waals surface area (Å²) < 4.78 is 0. The number of carbonyl (C=O) groups is 12. The van der Waals surface area contributed by atoms with Gasteiger partial charge in [-0.15, -0.1) is 0 Å². The summed E-state index contributed by atoms with van der Waals surface area (Å²) in [6.45, 7) is 2.99. The fourth-order valence-electron chi connectivity index (χ4n) is 6.76. The zero-order valence-corrected chi connectivity index (χ0v) is 41.0. The lowest BCUT2D eigenvalue weighted by Crippen LogP contribution is -2.63. The van der Waals surface area contributed by atoms with Crippen molar-refractivity contribution in [3.8, 4) is 0 Å². The second-order valence-corrected chi connectivity index (χ2v) is 17.4. The largest absolute Gasteiger partial charge is 0.481 e. The first-order chi connectivity index (χ1) is 34.8. The molecule has 0 bridgehead atoms. The van der Waals surface area contributed by atoms with Gasteiger partial charge in [0.25, 0.3) is 0 Å². The molecule has 29 heteroatoms. The van der Waals surface area contributed by atoms with Crippen LogP contribution >= 0.6 is 0 Å². The van der Waals surface area contributed by atoms with Crippen LogP contribution in [0.5, 0.6) is 0 Å². The number of amides is 9. The number of aliphatic hydroxyl groups is 3. The Kier molecular flexibility index (Phi) is 26.5. The molecule has 29 nitrogen and oxygen atoms in total. The van der Waals surface area contributed by atoms with E-state index in [4.69, 9.17) is 5.73 Å². The molecular weight excluding hydrogens is 981 g/mol. The third-order valence-corrected chi connectivity index (χ3v) is 10.6. The Morgan fingerprint density at radius 1 is 0.635 bits per heavy atom. The van der Waals surface area contributed by atoms with Gasteiger partial charge in [0.2, 0.25) is 53.2 Å². The molecule has 9 amide bonds. The van der Waals surface area contributed by atoms with Crippen LogP contribution in [-0.2, 0) is 70.4 Å². The van der Waals surface area contributed by atoms with E-state index in [1.807, 2.05) is 0 Å². The van der Waals surface area contributed by atoms with E-state index in [-0.39, 0.29) is 25.2 Å². The Morgan fingerprint density at radius 2 is 1.18 bits per heavy atom. The molecular formula is C45H66N12O17. The Morgan fingerprint density at radius 3 is 1.70 bits per heavy atom. The van der Waals surface area contributed by atoms with Gasteiger partial charge >= 0.3 is 11.9 Å². The van der Waals surface area contributed by atoms with E-state index in [0.717, 1.165) is 13.8 Å². The second kappa shape index (κ2) is 31.5. The average molecular weight is 1050 g/mol. The van der Waals surface area contributed by atoms with Crippen molar-refractivity contribution in [2.24, 2.45) is 11.7 Å². The predicted molar refractivity (Wildman–Crippen MR) is 255 cm³/mol. The van der Waals surface area contributed by atoms with Gasteiger partial charge < -0.3 is 88.9 Å². The summed E-state index contributed by atoms with van der Waals surface area (Å²) in [4.78, 5) is 160. The lowest BCUT2D eigenvalue weighted by molar-refractivity contribution is -0.141. The zero-order valence-electron chi connectivity index (χ0n) is 41.0. The number of aromatic nitrogens is 2. The maximum absolute atomic E-state index is 13.9. The number of carbonyl (C=O) groups excluding carboxylic acids is 10. The van der Waals surface area contributed by atoms with Gasteiger partial charge in [-0.05, 0) is 38.2 Å². The molecule has 0 aliphatic heterocycles. The summed E-state index contributed by atoms with van der Waals surface area (Å²) >= 11 is 0. The number of H-pyrrole nitrogens is 1. The maximum atomic E-state index is 13.9. The van der Waals surface area contributed by atoms with Gasteiger partial charge in [-0.1, -0.05) is 44.2 Å². The number of nitrogens with one attached hydrogen (secondary N) is 10. The second-order valence-electron chi connectivity index (χ2n) is 17.4. The minimum absolute atomic E-state index is 0.0572. The molecule has 0 saturated carbocycles. The smallest absolute Gasteiger partial charge is 0.305 e. The molecule has 0 spiro atoms. The number of nitrogens with zero attached hydrogens (tertiary/aromatic N) is 1. The molecule has 0 fully saturated rings. The van der Waals surface area contributed by atoms with Crippen LogP contribution in [0.15, 0.2) is 42.9 Å². The average Bonchev–Trinajstić information content (AvgIpc) is 3.85. The number of nitrogens with two attached hydrogens (primary N) is 1. The monoisotopic (exact) mass is 1050 g/mol. The van der Waals surface area contributed by atoms with Gasteiger partial charge in [0.15, 0.2) is 0 Å². The van der Waals surface area contributed by atoms with E-state index in [1.165, 1.54) is 12.5 Å². The summed E-state index contributed by atoms with van der Waals surface area (Å²) in [5.74, 6) is -12.6. The molecule has 17 N–H and O–H groups in total.